The van der Waals surface area contributed by atoms with E-state index in [9.17, 15) is 8.78 Å². The molecule has 0 aromatic heterocycles. The Kier molecular flexibility index (Phi) is 5.05. The third-order valence-electron chi connectivity index (χ3n) is 2.63. The van der Waals surface area contributed by atoms with Crippen LogP contribution in [0.3, 0.4) is 0 Å². The smallest absolute Gasteiger partial charge is 0.163 e. The van der Waals surface area contributed by atoms with Gasteiger partial charge in [-0.3, -0.25) is 4.90 Å². The molecule has 1 unspecified atom stereocenters. The minimum absolute atomic E-state index is 0.119. The maximum atomic E-state index is 13.5. The number of hydrogen-bond acceptors (Lipinski definition) is 2. The van der Waals surface area contributed by atoms with Crippen molar-refractivity contribution in [2.45, 2.75) is 20.4 Å². The SMILES string of the molecule is CCN(Cc1cccc(F)c1F)CC(C)C#N. The molecule has 0 spiro atoms. The van der Waals surface area contributed by atoms with E-state index in [-0.39, 0.29) is 5.92 Å². The van der Waals surface area contributed by atoms with Crippen LogP contribution in [0.15, 0.2) is 18.2 Å². The topological polar surface area (TPSA) is 27.0 Å². The van der Waals surface area contributed by atoms with Crippen molar-refractivity contribution in [3.05, 3.63) is 35.4 Å². The number of nitrogens with zero attached hydrogens (tertiary/aromatic N) is 2. The van der Waals surface area contributed by atoms with E-state index in [1.807, 2.05) is 18.7 Å². The lowest BCUT2D eigenvalue weighted by molar-refractivity contribution is 0.255. The number of hydrogen-bond donors (Lipinski definition) is 0. The van der Waals surface area contributed by atoms with Gasteiger partial charge in [-0.25, -0.2) is 8.78 Å². The summed E-state index contributed by atoms with van der Waals surface area (Å²) >= 11 is 0. The predicted molar refractivity (Wildman–Crippen MR) is 62.1 cm³/mol. The van der Waals surface area contributed by atoms with E-state index in [2.05, 4.69) is 6.07 Å². The molecule has 1 atom stereocenters. The summed E-state index contributed by atoms with van der Waals surface area (Å²) in [4.78, 5) is 1.92. The van der Waals surface area contributed by atoms with Crippen LogP contribution in [0.4, 0.5) is 8.78 Å². The first-order valence-corrected chi connectivity index (χ1v) is 5.63. The Hall–Kier alpha value is -1.47. The quantitative estimate of drug-likeness (QED) is 0.788. The summed E-state index contributed by atoms with van der Waals surface area (Å²) in [6.45, 7) is 5.32. The Labute approximate surface area is 100 Å². The van der Waals surface area contributed by atoms with Crippen LogP contribution in [0.2, 0.25) is 0 Å². The van der Waals surface area contributed by atoms with Crippen LogP contribution in [0.1, 0.15) is 19.4 Å². The molecule has 0 aliphatic heterocycles. The maximum Gasteiger partial charge on any atom is 0.163 e. The molecule has 0 saturated heterocycles. The zero-order valence-corrected chi connectivity index (χ0v) is 10.1. The summed E-state index contributed by atoms with van der Waals surface area (Å²) in [6.07, 6.45) is 0. The summed E-state index contributed by atoms with van der Waals surface area (Å²) in [5.41, 5.74) is 0.331. The fraction of sp³-hybridized carbons (Fsp3) is 0.462. The highest BCUT2D eigenvalue weighted by atomic mass is 19.2. The van der Waals surface area contributed by atoms with Gasteiger partial charge in [-0.05, 0) is 19.5 Å². The van der Waals surface area contributed by atoms with Gasteiger partial charge in [-0.2, -0.15) is 5.26 Å². The van der Waals surface area contributed by atoms with Crippen molar-refractivity contribution in [2.75, 3.05) is 13.1 Å². The standard InChI is InChI=1S/C13H16F2N2/c1-3-17(8-10(2)7-16)9-11-5-4-6-12(14)13(11)15/h4-6,10H,3,8-9H2,1-2H3. The van der Waals surface area contributed by atoms with E-state index < -0.39 is 11.6 Å². The Morgan fingerprint density at radius 1 is 1.41 bits per heavy atom. The third-order valence-corrected chi connectivity index (χ3v) is 2.63. The van der Waals surface area contributed by atoms with Crippen LogP contribution in [0, 0.1) is 28.9 Å². The van der Waals surface area contributed by atoms with Gasteiger partial charge in [-0.15, -0.1) is 0 Å². The van der Waals surface area contributed by atoms with Crippen molar-refractivity contribution in [1.29, 1.82) is 5.26 Å². The second-order valence-electron chi connectivity index (χ2n) is 4.07. The zero-order valence-electron chi connectivity index (χ0n) is 10.1. The van der Waals surface area contributed by atoms with Crippen molar-refractivity contribution in [3.63, 3.8) is 0 Å². The Morgan fingerprint density at radius 3 is 2.71 bits per heavy atom. The molecule has 0 saturated carbocycles. The van der Waals surface area contributed by atoms with Crippen molar-refractivity contribution in [1.82, 2.24) is 4.90 Å². The predicted octanol–water partition coefficient (Wildman–Crippen LogP) is 2.95. The average Bonchev–Trinajstić information content (AvgIpc) is 2.33. The molecule has 2 nitrogen and oxygen atoms in total. The van der Waals surface area contributed by atoms with E-state index >= 15 is 0 Å². The molecular formula is C13H16F2N2. The fourth-order valence-electron chi connectivity index (χ4n) is 1.65. The molecule has 92 valence electrons. The molecule has 0 amide bonds. The van der Waals surface area contributed by atoms with Gasteiger partial charge in [0.2, 0.25) is 0 Å². The van der Waals surface area contributed by atoms with E-state index in [1.165, 1.54) is 6.07 Å². The molecule has 1 rings (SSSR count). The molecule has 0 aliphatic carbocycles. The lowest BCUT2D eigenvalue weighted by atomic mass is 10.1. The summed E-state index contributed by atoms with van der Waals surface area (Å²) < 4.78 is 26.5. The Balaban J connectivity index is 2.74. The first kappa shape index (κ1) is 13.6. The fourth-order valence-corrected chi connectivity index (χ4v) is 1.65. The molecule has 0 bridgehead atoms. The third kappa shape index (κ3) is 3.79. The van der Waals surface area contributed by atoms with E-state index in [4.69, 9.17) is 5.26 Å². The van der Waals surface area contributed by atoms with Crippen LogP contribution >= 0.6 is 0 Å². The molecular weight excluding hydrogens is 222 g/mol. The van der Waals surface area contributed by atoms with Crippen LogP contribution < -0.4 is 0 Å². The molecule has 0 heterocycles. The Morgan fingerprint density at radius 2 is 2.12 bits per heavy atom. The van der Waals surface area contributed by atoms with Gasteiger partial charge in [0.15, 0.2) is 11.6 Å². The van der Waals surface area contributed by atoms with E-state index in [1.54, 1.807) is 6.07 Å². The normalized spacial score (nSPS) is 12.5. The summed E-state index contributed by atoms with van der Waals surface area (Å²) in [5, 5.41) is 8.73. The minimum atomic E-state index is -0.827. The van der Waals surface area contributed by atoms with Crippen molar-refractivity contribution < 1.29 is 8.78 Å². The van der Waals surface area contributed by atoms with Gasteiger partial charge in [0.25, 0.3) is 0 Å². The lowest BCUT2D eigenvalue weighted by Crippen LogP contribution is -2.28. The average molecular weight is 238 g/mol. The molecule has 1 aromatic carbocycles. The van der Waals surface area contributed by atoms with Crippen molar-refractivity contribution >= 4 is 0 Å². The van der Waals surface area contributed by atoms with Gasteiger partial charge in [0.1, 0.15) is 0 Å². The first-order valence-electron chi connectivity index (χ1n) is 5.63. The summed E-state index contributed by atoms with van der Waals surface area (Å²) in [5.74, 6) is -1.74. The highest BCUT2D eigenvalue weighted by Crippen LogP contribution is 2.14. The lowest BCUT2D eigenvalue weighted by Gasteiger charge is -2.21. The molecule has 0 aliphatic rings. The monoisotopic (exact) mass is 238 g/mol. The second kappa shape index (κ2) is 6.31. The van der Waals surface area contributed by atoms with Crippen LogP contribution in [-0.2, 0) is 6.54 Å². The van der Waals surface area contributed by atoms with Gasteiger partial charge in [0.05, 0.1) is 12.0 Å². The first-order chi connectivity index (χ1) is 8.08. The number of nitriles is 1. The molecule has 17 heavy (non-hydrogen) atoms. The molecule has 1 aromatic rings. The van der Waals surface area contributed by atoms with Gasteiger partial charge < -0.3 is 0 Å². The summed E-state index contributed by atoms with van der Waals surface area (Å²) in [7, 11) is 0. The molecule has 0 fully saturated rings. The largest absolute Gasteiger partial charge is 0.298 e. The number of halogens is 2. The zero-order chi connectivity index (χ0) is 12.8. The van der Waals surface area contributed by atoms with Crippen LogP contribution in [0.5, 0.6) is 0 Å². The molecule has 4 heteroatoms. The van der Waals surface area contributed by atoms with Crippen molar-refractivity contribution in [3.8, 4) is 6.07 Å². The van der Waals surface area contributed by atoms with E-state index in [0.29, 0.717) is 25.2 Å². The maximum absolute atomic E-state index is 13.5. The number of benzene rings is 1. The Bertz CT molecular complexity index is 412. The van der Waals surface area contributed by atoms with Gasteiger partial charge >= 0.3 is 0 Å². The number of rotatable bonds is 5. The van der Waals surface area contributed by atoms with Gasteiger partial charge in [-0.1, -0.05) is 19.1 Å². The molecule has 0 radical (unpaired) electrons. The van der Waals surface area contributed by atoms with Crippen LogP contribution in [-0.4, -0.2) is 18.0 Å². The minimum Gasteiger partial charge on any atom is -0.298 e. The highest BCUT2D eigenvalue weighted by molar-refractivity contribution is 5.18. The second-order valence-corrected chi connectivity index (χ2v) is 4.07. The van der Waals surface area contributed by atoms with Crippen molar-refractivity contribution in [2.24, 2.45) is 5.92 Å². The molecule has 0 N–H and O–H groups in total. The van der Waals surface area contributed by atoms with E-state index in [0.717, 1.165) is 6.07 Å². The van der Waals surface area contributed by atoms with Gasteiger partial charge in [0, 0.05) is 18.7 Å². The van der Waals surface area contributed by atoms with Crippen LogP contribution in [0.25, 0.3) is 0 Å². The summed E-state index contributed by atoms with van der Waals surface area (Å²) in [6, 6.07) is 6.30. The highest BCUT2D eigenvalue weighted by Gasteiger charge is 2.13.